The van der Waals surface area contributed by atoms with Crippen LogP contribution in [-0.2, 0) is 0 Å². The minimum Gasteiger partial charge on any atom is -0.384 e. The largest absolute Gasteiger partial charge is 0.384 e. The Morgan fingerprint density at radius 1 is 1.40 bits per heavy atom. The molecular weight excluding hydrogens is 250 g/mol. The summed E-state index contributed by atoms with van der Waals surface area (Å²) in [4.78, 5) is 16.8. The molecule has 1 aliphatic rings. The number of nitrogens with zero attached hydrogens (tertiary/aromatic N) is 2. The van der Waals surface area contributed by atoms with E-state index in [4.69, 9.17) is 0 Å². The first-order chi connectivity index (χ1) is 9.63. The summed E-state index contributed by atoms with van der Waals surface area (Å²) in [5, 5.41) is 3.34. The van der Waals surface area contributed by atoms with E-state index in [1.165, 1.54) is 0 Å². The Morgan fingerprint density at radius 2 is 2.15 bits per heavy atom. The smallest absolute Gasteiger partial charge is 0.256 e. The Morgan fingerprint density at radius 3 is 2.80 bits per heavy atom. The number of hydrogen-bond acceptors (Lipinski definition) is 3. The molecule has 0 spiro atoms. The summed E-state index contributed by atoms with van der Waals surface area (Å²) in [6, 6.07) is 8.30. The van der Waals surface area contributed by atoms with Crippen molar-refractivity contribution < 1.29 is 4.79 Å². The Hall–Kier alpha value is -1.55. The number of likely N-dealkylation sites (N-methyl/N-ethyl adjacent to an activating group) is 1. The van der Waals surface area contributed by atoms with Crippen LogP contribution in [0.15, 0.2) is 24.3 Å². The average molecular weight is 275 g/mol. The highest BCUT2D eigenvalue weighted by atomic mass is 16.2. The molecule has 1 aliphatic heterocycles. The van der Waals surface area contributed by atoms with Gasteiger partial charge < -0.3 is 15.1 Å². The second-order valence-corrected chi connectivity index (χ2v) is 5.63. The lowest BCUT2D eigenvalue weighted by molar-refractivity contribution is 0.0784. The lowest BCUT2D eigenvalue weighted by Gasteiger charge is -2.21. The van der Waals surface area contributed by atoms with E-state index >= 15 is 0 Å². The van der Waals surface area contributed by atoms with Crippen molar-refractivity contribution >= 4 is 11.6 Å². The van der Waals surface area contributed by atoms with Gasteiger partial charge in [0, 0.05) is 31.4 Å². The van der Waals surface area contributed by atoms with E-state index in [0.717, 1.165) is 43.7 Å². The van der Waals surface area contributed by atoms with Crippen LogP contribution in [0.1, 0.15) is 30.1 Å². The van der Waals surface area contributed by atoms with Gasteiger partial charge in [0.15, 0.2) is 0 Å². The normalized spacial score (nSPS) is 18.6. The van der Waals surface area contributed by atoms with E-state index in [1.807, 2.05) is 29.2 Å². The summed E-state index contributed by atoms with van der Waals surface area (Å²) in [6.45, 7) is 4.70. The third-order valence-corrected chi connectivity index (χ3v) is 3.90. The van der Waals surface area contributed by atoms with Gasteiger partial charge in [0.25, 0.3) is 5.91 Å². The summed E-state index contributed by atoms with van der Waals surface area (Å²) >= 11 is 0. The van der Waals surface area contributed by atoms with Crippen LogP contribution in [0.3, 0.4) is 0 Å². The number of carbonyl (C=O) groups is 1. The molecule has 1 N–H and O–H groups in total. The Labute approximate surface area is 121 Å². The van der Waals surface area contributed by atoms with Gasteiger partial charge in [-0.25, -0.2) is 0 Å². The van der Waals surface area contributed by atoms with Gasteiger partial charge in [0.1, 0.15) is 0 Å². The van der Waals surface area contributed by atoms with Crippen LogP contribution in [-0.4, -0.2) is 55.5 Å². The third kappa shape index (κ3) is 3.31. The molecule has 1 aromatic carbocycles. The summed E-state index contributed by atoms with van der Waals surface area (Å²) < 4.78 is 0. The van der Waals surface area contributed by atoms with Gasteiger partial charge in [-0.3, -0.25) is 4.79 Å². The molecule has 20 heavy (non-hydrogen) atoms. The van der Waals surface area contributed by atoms with Crippen molar-refractivity contribution in [2.75, 3.05) is 39.0 Å². The Kier molecular flexibility index (Phi) is 5.01. The van der Waals surface area contributed by atoms with Crippen LogP contribution in [0, 0.1) is 0 Å². The minimum absolute atomic E-state index is 0.147. The van der Waals surface area contributed by atoms with Gasteiger partial charge in [0.05, 0.1) is 5.56 Å². The highest BCUT2D eigenvalue weighted by molar-refractivity contribution is 5.99. The highest BCUT2D eigenvalue weighted by Crippen LogP contribution is 2.21. The number of rotatable bonds is 5. The summed E-state index contributed by atoms with van der Waals surface area (Å²) in [6.07, 6.45) is 2.11. The van der Waals surface area contributed by atoms with Crippen LogP contribution in [0.2, 0.25) is 0 Å². The number of anilines is 1. The van der Waals surface area contributed by atoms with E-state index in [0.29, 0.717) is 6.04 Å². The molecule has 0 radical (unpaired) electrons. The standard InChI is InChI=1S/C16H25N3O/c1-4-10-17-15-8-6-5-7-14(15)16(20)19-11-9-13(12-19)18(2)3/h5-8,13,17H,4,9-12H2,1-3H3. The maximum Gasteiger partial charge on any atom is 0.256 e. The molecule has 1 atom stereocenters. The number of para-hydroxylation sites is 1. The number of likely N-dealkylation sites (tertiary alicyclic amines) is 1. The molecule has 1 aromatic rings. The Bertz CT molecular complexity index is 459. The molecule has 1 unspecified atom stereocenters. The second-order valence-electron chi connectivity index (χ2n) is 5.63. The summed E-state index contributed by atoms with van der Waals surface area (Å²) in [5.41, 5.74) is 1.74. The number of amides is 1. The molecule has 2 rings (SSSR count). The van der Waals surface area contributed by atoms with Gasteiger partial charge in [-0.1, -0.05) is 19.1 Å². The summed E-state index contributed by atoms with van der Waals surface area (Å²) in [7, 11) is 4.16. The average Bonchev–Trinajstić information content (AvgIpc) is 2.94. The van der Waals surface area contributed by atoms with Crippen molar-refractivity contribution in [1.82, 2.24) is 9.80 Å². The van der Waals surface area contributed by atoms with Gasteiger partial charge in [0.2, 0.25) is 0 Å². The molecule has 4 heteroatoms. The molecule has 0 saturated carbocycles. The molecule has 1 saturated heterocycles. The molecule has 1 amide bonds. The lowest BCUT2D eigenvalue weighted by atomic mass is 10.1. The monoisotopic (exact) mass is 275 g/mol. The third-order valence-electron chi connectivity index (χ3n) is 3.90. The van der Waals surface area contributed by atoms with Gasteiger partial charge >= 0.3 is 0 Å². The second kappa shape index (κ2) is 6.75. The van der Waals surface area contributed by atoms with E-state index in [1.54, 1.807) is 0 Å². The maximum absolute atomic E-state index is 12.7. The zero-order valence-corrected chi connectivity index (χ0v) is 12.7. The number of nitrogens with one attached hydrogen (secondary N) is 1. The van der Waals surface area contributed by atoms with Gasteiger partial charge in [-0.15, -0.1) is 0 Å². The molecular formula is C16H25N3O. The first kappa shape index (κ1) is 14.9. The zero-order valence-electron chi connectivity index (χ0n) is 12.7. The van der Waals surface area contributed by atoms with Crippen LogP contribution < -0.4 is 5.32 Å². The topological polar surface area (TPSA) is 35.6 Å². The van der Waals surface area contributed by atoms with Crippen molar-refractivity contribution in [1.29, 1.82) is 0 Å². The molecule has 110 valence electrons. The fraction of sp³-hybridized carbons (Fsp3) is 0.562. The van der Waals surface area contributed by atoms with Gasteiger partial charge in [-0.2, -0.15) is 0 Å². The first-order valence-corrected chi connectivity index (χ1v) is 7.42. The number of benzene rings is 1. The fourth-order valence-corrected chi connectivity index (χ4v) is 2.60. The molecule has 0 aliphatic carbocycles. The van der Waals surface area contributed by atoms with Crippen molar-refractivity contribution in [3.8, 4) is 0 Å². The summed E-state index contributed by atoms with van der Waals surface area (Å²) in [5.74, 6) is 0.147. The zero-order chi connectivity index (χ0) is 14.5. The molecule has 1 heterocycles. The minimum atomic E-state index is 0.147. The van der Waals surface area contributed by atoms with Crippen LogP contribution >= 0.6 is 0 Å². The van der Waals surface area contributed by atoms with Crippen molar-refractivity contribution in [2.24, 2.45) is 0 Å². The quantitative estimate of drug-likeness (QED) is 0.895. The van der Waals surface area contributed by atoms with Crippen LogP contribution in [0.4, 0.5) is 5.69 Å². The maximum atomic E-state index is 12.7. The van der Waals surface area contributed by atoms with Crippen LogP contribution in [0.5, 0.6) is 0 Å². The highest BCUT2D eigenvalue weighted by Gasteiger charge is 2.28. The fourth-order valence-electron chi connectivity index (χ4n) is 2.60. The predicted octanol–water partition coefficient (Wildman–Crippen LogP) is 2.28. The molecule has 0 aromatic heterocycles. The van der Waals surface area contributed by atoms with Crippen molar-refractivity contribution in [3.63, 3.8) is 0 Å². The predicted molar refractivity (Wildman–Crippen MR) is 83.2 cm³/mol. The number of hydrogen-bond donors (Lipinski definition) is 1. The molecule has 0 bridgehead atoms. The van der Waals surface area contributed by atoms with Gasteiger partial charge in [-0.05, 0) is 39.1 Å². The van der Waals surface area contributed by atoms with E-state index in [2.05, 4.69) is 31.2 Å². The van der Waals surface area contributed by atoms with E-state index in [-0.39, 0.29) is 5.91 Å². The van der Waals surface area contributed by atoms with Crippen molar-refractivity contribution in [3.05, 3.63) is 29.8 Å². The molecule has 1 fully saturated rings. The van der Waals surface area contributed by atoms with E-state index in [9.17, 15) is 4.79 Å². The lowest BCUT2D eigenvalue weighted by Crippen LogP contribution is -2.34. The SMILES string of the molecule is CCCNc1ccccc1C(=O)N1CCC(N(C)C)C1. The first-order valence-electron chi connectivity index (χ1n) is 7.42. The van der Waals surface area contributed by atoms with Crippen molar-refractivity contribution in [2.45, 2.75) is 25.8 Å². The Balaban J connectivity index is 2.09. The van der Waals surface area contributed by atoms with E-state index < -0.39 is 0 Å². The number of carbonyl (C=O) groups excluding carboxylic acids is 1. The molecule has 4 nitrogen and oxygen atoms in total. The van der Waals surface area contributed by atoms with Crippen LogP contribution in [0.25, 0.3) is 0 Å².